The van der Waals surface area contributed by atoms with E-state index in [1.165, 1.54) is 74.3 Å². The predicted molar refractivity (Wildman–Crippen MR) is 231 cm³/mol. The van der Waals surface area contributed by atoms with Crippen LogP contribution in [0.25, 0.3) is 0 Å². The summed E-state index contributed by atoms with van der Waals surface area (Å²) in [4.78, 5) is 8.98. The zero-order valence-corrected chi connectivity index (χ0v) is 36.7. The summed E-state index contributed by atoms with van der Waals surface area (Å²) in [5, 5.41) is 0. The van der Waals surface area contributed by atoms with Crippen molar-refractivity contribution in [2.24, 2.45) is 0 Å². The second-order valence-corrected chi connectivity index (χ2v) is 18.0. The van der Waals surface area contributed by atoms with Crippen LogP contribution in [0.2, 0.25) is 0 Å². The first kappa shape index (κ1) is 44.9. The molecule has 2 aromatic carbocycles. The third kappa shape index (κ3) is 13.0. The van der Waals surface area contributed by atoms with E-state index < -0.39 is 0 Å². The van der Waals surface area contributed by atoms with Gasteiger partial charge in [-0.3, -0.25) is 9.97 Å². The summed E-state index contributed by atoms with van der Waals surface area (Å²) in [5.41, 5.74) is 16.0. The Morgan fingerprint density at radius 2 is 0.942 bits per heavy atom. The van der Waals surface area contributed by atoms with E-state index in [2.05, 4.69) is 189 Å². The van der Waals surface area contributed by atoms with Gasteiger partial charge in [-0.15, -0.1) is 0 Å². The molecule has 1 saturated carbocycles. The molecular formula is C50H76N2. The lowest BCUT2D eigenvalue weighted by Crippen LogP contribution is -2.14. The molecule has 0 amide bonds. The van der Waals surface area contributed by atoms with E-state index in [0.717, 1.165) is 5.92 Å². The van der Waals surface area contributed by atoms with Crippen molar-refractivity contribution >= 4 is 0 Å². The molecule has 0 radical (unpaired) electrons. The lowest BCUT2D eigenvalue weighted by Gasteiger charge is -2.24. The van der Waals surface area contributed by atoms with Gasteiger partial charge in [-0.05, 0) is 137 Å². The summed E-state index contributed by atoms with van der Waals surface area (Å²) in [6.45, 7) is 40.4. The Hall–Kier alpha value is -3.26. The molecule has 2 heterocycles. The van der Waals surface area contributed by atoms with Crippen LogP contribution in [0.5, 0.6) is 0 Å². The van der Waals surface area contributed by atoms with E-state index in [1.807, 2.05) is 12.4 Å². The van der Waals surface area contributed by atoms with Gasteiger partial charge < -0.3 is 0 Å². The molecule has 0 N–H and O–H groups in total. The fraction of sp³-hybridized carbons (Fsp3) is 0.560. The van der Waals surface area contributed by atoms with Crippen molar-refractivity contribution in [1.82, 2.24) is 9.97 Å². The highest BCUT2D eigenvalue weighted by Gasteiger charge is 2.28. The Morgan fingerprint density at radius 1 is 0.481 bits per heavy atom. The summed E-state index contributed by atoms with van der Waals surface area (Å²) in [6, 6.07) is 19.6. The Kier molecular flexibility index (Phi) is 17.5. The molecule has 4 aromatic rings. The molecule has 1 aliphatic rings. The highest BCUT2D eigenvalue weighted by atomic mass is 14.7. The minimum atomic E-state index is 0.265. The molecule has 2 heteroatoms. The topological polar surface area (TPSA) is 25.8 Å². The summed E-state index contributed by atoms with van der Waals surface area (Å²) in [6.07, 6.45) is 6.55. The number of hydrogen-bond acceptors (Lipinski definition) is 2. The first-order chi connectivity index (χ1) is 24.2. The number of rotatable bonds is 7. The fourth-order valence-corrected chi connectivity index (χ4v) is 7.50. The lowest BCUT2D eigenvalue weighted by atomic mass is 9.81. The zero-order valence-electron chi connectivity index (χ0n) is 36.7. The fourth-order valence-electron chi connectivity index (χ4n) is 7.50. The Balaban J connectivity index is 0.000000240. The molecule has 2 aromatic heterocycles. The van der Waals surface area contributed by atoms with Gasteiger partial charge in [0.25, 0.3) is 0 Å². The minimum absolute atomic E-state index is 0.265. The van der Waals surface area contributed by atoms with E-state index in [9.17, 15) is 0 Å². The van der Waals surface area contributed by atoms with E-state index in [-0.39, 0.29) is 5.41 Å². The molecule has 0 unspecified atom stereocenters. The maximum Gasteiger partial charge on any atom is 0.0471 e. The standard InChI is InChI=1S/2C13H20.C12H17N.C12H19N/c1-10(2)11-8-6-7-9-12(11)13(3,4)5;1-9(2)12-8-6-7-11(5)13(12)10(3)4;1-8(2)11-9(3)6-7-13-12(11)10-4-5-10;1-8(2)11-10(5)6-7-13-12(11)9(3)4/h2*6-10H,1-5H3;6-8,10H,4-5H2,1-3H3;6-9H,1-5H3. The predicted octanol–water partition coefficient (Wildman–Crippen LogP) is 15.4. The normalized spacial score (nSPS) is 12.8. The van der Waals surface area contributed by atoms with Crippen molar-refractivity contribution in [3.63, 3.8) is 0 Å². The highest BCUT2D eigenvalue weighted by Crippen LogP contribution is 2.42. The van der Waals surface area contributed by atoms with Gasteiger partial charge >= 0.3 is 0 Å². The number of nitrogens with zero attached hydrogens (tertiary/aromatic N) is 2. The quantitative estimate of drug-likeness (QED) is 0.191. The Morgan fingerprint density at radius 3 is 1.35 bits per heavy atom. The summed E-state index contributed by atoms with van der Waals surface area (Å²) >= 11 is 0. The van der Waals surface area contributed by atoms with Crippen molar-refractivity contribution in [1.29, 1.82) is 0 Å². The van der Waals surface area contributed by atoms with Gasteiger partial charge in [0, 0.05) is 29.7 Å². The highest BCUT2D eigenvalue weighted by molar-refractivity contribution is 5.39. The number of benzene rings is 2. The average molecular weight is 705 g/mol. The van der Waals surface area contributed by atoms with Crippen molar-refractivity contribution in [2.45, 2.75) is 184 Å². The van der Waals surface area contributed by atoms with E-state index in [0.29, 0.717) is 35.5 Å². The van der Waals surface area contributed by atoms with Gasteiger partial charge in [0.2, 0.25) is 0 Å². The van der Waals surface area contributed by atoms with Crippen LogP contribution in [0.1, 0.15) is 220 Å². The van der Waals surface area contributed by atoms with Gasteiger partial charge in [0.15, 0.2) is 0 Å². The van der Waals surface area contributed by atoms with Gasteiger partial charge in [0.05, 0.1) is 0 Å². The number of hydrogen-bond donors (Lipinski definition) is 0. The molecule has 1 aliphatic carbocycles. The van der Waals surface area contributed by atoms with E-state index >= 15 is 0 Å². The van der Waals surface area contributed by atoms with Gasteiger partial charge in [-0.1, -0.05) is 146 Å². The second kappa shape index (κ2) is 20.3. The second-order valence-electron chi connectivity index (χ2n) is 18.0. The zero-order chi connectivity index (χ0) is 39.5. The van der Waals surface area contributed by atoms with Gasteiger partial charge in [-0.2, -0.15) is 0 Å². The van der Waals surface area contributed by atoms with Gasteiger partial charge in [-0.25, -0.2) is 0 Å². The average Bonchev–Trinajstić information content (AvgIpc) is 3.90. The minimum Gasteiger partial charge on any atom is -0.261 e. The third-order valence-electron chi connectivity index (χ3n) is 10.1. The monoisotopic (exact) mass is 705 g/mol. The molecule has 0 bridgehead atoms. The van der Waals surface area contributed by atoms with Crippen molar-refractivity contribution in [2.75, 3.05) is 0 Å². The van der Waals surface area contributed by atoms with Crippen LogP contribution in [0.4, 0.5) is 0 Å². The smallest absolute Gasteiger partial charge is 0.0471 e. The van der Waals surface area contributed by atoms with Crippen LogP contribution in [-0.4, -0.2) is 9.97 Å². The molecule has 286 valence electrons. The van der Waals surface area contributed by atoms with E-state index in [1.54, 1.807) is 0 Å². The number of aryl methyl sites for hydroxylation is 3. The molecule has 0 saturated heterocycles. The molecule has 0 atom stereocenters. The van der Waals surface area contributed by atoms with Crippen LogP contribution in [0, 0.1) is 20.8 Å². The van der Waals surface area contributed by atoms with E-state index in [4.69, 9.17) is 0 Å². The molecule has 1 fully saturated rings. The molecule has 0 spiro atoms. The molecule has 0 aliphatic heterocycles. The number of pyridine rings is 2. The first-order valence-corrected chi connectivity index (χ1v) is 20.3. The maximum atomic E-state index is 4.52. The lowest BCUT2D eigenvalue weighted by molar-refractivity contribution is 0.577. The number of aromatic nitrogens is 2. The summed E-state index contributed by atoms with van der Waals surface area (Å²) in [5.74, 6) is 4.39. The maximum absolute atomic E-state index is 4.52. The summed E-state index contributed by atoms with van der Waals surface area (Å²) < 4.78 is 0. The molecule has 52 heavy (non-hydrogen) atoms. The Bertz CT molecular complexity index is 1520. The summed E-state index contributed by atoms with van der Waals surface area (Å²) in [7, 11) is 0. The first-order valence-electron chi connectivity index (χ1n) is 20.3. The van der Waals surface area contributed by atoms with Crippen molar-refractivity contribution in [3.05, 3.63) is 128 Å². The van der Waals surface area contributed by atoms with Crippen LogP contribution in [-0.2, 0) is 5.41 Å². The van der Waals surface area contributed by atoms with Crippen LogP contribution in [0.15, 0.2) is 67.0 Å². The SMILES string of the molecule is CC(C)c1ccccc1C(C)(C)C.Cc1cccc(C(C)C)c1C(C)C.Cc1ccnc(C(C)C)c1C(C)C.Cc1ccnc(C2CC2)c1C(C)C. The Labute approximate surface area is 321 Å². The van der Waals surface area contributed by atoms with Gasteiger partial charge in [0.1, 0.15) is 0 Å². The van der Waals surface area contributed by atoms with Crippen LogP contribution >= 0.6 is 0 Å². The third-order valence-corrected chi connectivity index (χ3v) is 10.1. The van der Waals surface area contributed by atoms with Crippen LogP contribution in [0.3, 0.4) is 0 Å². The molecular weight excluding hydrogens is 629 g/mol. The van der Waals surface area contributed by atoms with Crippen LogP contribution < -0.4 is 0 Å². The van der Waals surface area contributed by atoms with Crippen molar-refractivity contribution < 1.29 is 0 Å². The molecule has 2 nitrogen and oxygen atoms in total. The molecule has 5 rings (SSSR count). The van der Waals surface area contributed by atoms with Crippen molar-refractivity contribution in [3.8, 4) is 0 Å². The largest absolute Gasteiger partial charge is 0.261 e.